The van der Waals surface area contributed by atoms with E-state index in [2.05, 4.69) is 15.9 Å². The fourth-order valence-electron chi connectivity index (χ4n) is 0.790. The van der Waals surface area contributed by atoms with Crippen LogP contribution < -0.4 is 17.4 Å². The standard InChI is InChI=1S/C6H13NO8S.H4N2/c7-3(1-8)5(10)6(11)4(9)2-15-16(12,13)14;1-2/h1,3-6,9-11H,2,7H2,(H,12,13,14);1-2H2/t3-,4+,5+,6+;/m0./s1. The van der Waals surface area contributed by atoms with E-state index in [1.165, 1.54) is 0 Å². The summed E-state index contributed by atoms with van der Waals surface area (Å²) in [6.07, 6.45) is -5.35. The summed E-state index contributed by atoms with van der Waals surface area (Å²) in [5.41, 5.74) is 5.04. The highest BCUT2D eigenvalue weighted by atomic mass is 32.3. The van der Waals surface area contributed by atoms with Crippen LogP contribution in [0.3, 0.4) is 0 Å². The van der Waals surface area contributed by atoms with Gasteiger partial charge in [0.05, 0.1) is 12.6 Å². The van der Waals surface area contributed by atoms with E-state index in [4.69, 9.17) is 20.5 Å². The molecule has 11 nitrogen and oxygen atoms in total. The zero-order chi connectivity index (χ0) is 14.9. The third-order valence-corrected chi connectivity index (χ3v) is 2.12. The maximum Gasteiger partial charge on any atom is 0.397 e. The average Bonchev–Trinajstić information content (AvgIpc) is 2.34. The zero-order valence-electron chi connectivity index (χ0n) is 9.16. The lowest BCUT2D eigenvalue weighted by Gasteiger charge is -2.23. The second kappa shape index (κ2) is 9.26. The molecule has 10 N–H and O–H groups in total. The average molecular weight is 291 g/mol. The number of carbonyl (C=O) groups is 1. The summed E-state index contributed by atoms with van der Waals surface area (Å²) in [5, 5.41) is 27.5. The number of hydrogen-bond donors (Lipinski definition) is 7. The first kappa shape index (κ1) is 19.6. The summed E-state index contributed by atoms with van der Waals surface area (Å²) >= 11 is 0. The molecule has 0 spiro atoms. The summed E-state index contributed by atoms with van der Waals surface area (Å²) in [5.74, 6) is 8.00. The molecule has 0 aliphatic heterocycles. The van der Waals surface area contributed by atoms with Crippen molar-refractivity contribution in [3.63, 3.8) is 0 Å². The van der Waals surface area contributed by atoms with Crippen LogP contribution in [0.4, 0.5) is 0 Å². The lowest BCUT2D eigenvalue weighted by atomic mass is 10.0. The summed E-state index contributed by atoms with van der Waals surface area (Å²) in [6, 6.07) is -1.43. The van der Waals surface area contributed by atoms with Crippen molar-refractivity contribution in [2.24, 2.45) is 17.4 Å². The predicted octanol–water partition coefficient (Wildman–Crippen LogP) is -4.77. The molecule has 0 aromatic carbocycles. The van der Waals surface area contributed by atoms with E-state index < -0.39 is 41.4 Å². The SMILES string of the molecule is NN.N[C@@H](C=O)[C@@H](O)[C@H](O)[C@H](O)COS(=O)(=O)O. The van der Waals surface area contributed by atoms with Gasteiger partial charge in [-0.2, -0.15) is 8.42 Å². The van der Waals surface area contributed by atoms with E-state index >= 15 is 0 Å². The molecule has 110 valence electrons. The van der Waals surface area contributed by atoms with Gasteiger partial charge in [0.2, 0.25) is 0 Å². The van der Waals surface area contributed by atoms with Crippen molar-refractivity contribution < 1.29 is 37.3 Å². The number of hydrazine groups is 1. The van der Waals surface area contributed by atoms with Crippen LogP contribution in [0.25, 0.3) is 0 Å². The molecule has 0 rings (SSSR count). The van der Waals surface area contributed by atoms with Crippen molar-refractivity contribution in [1.82, 2.24) is 0 Å². The molecule has 0 aromatic heterocycles. The topological polar surface area (TPSA) is 219 Å². The molecule has 0 heterocycles. The van der Waals surface area contributed by atoms with Crippen molar-refractivity contribution in [3.8, 4) is 0 Å². The van der Waals surface area contributed by atoms with E-state index in [1.54, 1.807) is 0 Å². The number of carbonyl (C=O) groups excluding carboxylic acids is 1. The Hall–Kier alpha value is -0.700. The quantitative estimate of drug-likeness (QED) is 0.102. The van der Waals surface area contributed by atoms with Crippen LogP contribution in [0.5, 0.6) is 0 Å². The molecule has 0 aliphatic rings. The lowest BCUT2D eigenvalue weighted by molar-refractivity contribution is -0.117. The van der Waals surface area contributed by atoms with Crippen LogP contribution in [0.1, 0.15) is 0 Å². The lowest BCUT2D eigenvalue weighted by Crippen LogP contribution is -2.50. The molecule has 0 saturated carbocycles. The third kappa shape index (κ3) is 8.40. The normalized spacial score (nSPS) is 17.9. The van der Waals surface area contributed by atoms with Crippen LogP contribution in [-0.2, 0) is 19.4 Å². The van der Waals surface area contributed by atoms with Gasteiger partial charge in [-0.3, -0.25) is 16.2 Å². The van der Waals surface area contributed by atoms with Crippen molar-refractivity contribution in [3.05, 3.63) is 0 Å². The van der Waals surface area contributed by atoms with Gasteiger partial charge in [0.15, 0.2) is 0 Å². The van der Waals surface area contributed by atoms with Gasteiger partial charge in [-0.25, -0.2) is 4.18 Å². The van der Waals surface area contributed by atoms with E-state index in [0.29, 0.717) is 0 Å². The van der Waals surface area contributed by atoms with Crippen molar-refractivity contribution >= 4 is 16.7 Å². The molecule has 12 heteroatoms. The number of rotatable bonds is 7. The van der Waals surface area contributed by atoms with Crippen LogP contribution in [-0.4, -0.2) is 65.5 Å². The molecule has 0 aromatic rings. The molecular formula is C6H17N3O8S. The number of aliphatic hydroxyl groups is 3. The maximum absolute atomic E-state index is 10.1. The Morgan fingerprint density at radius 1 is 1.17 bits per heavy atom. The van der Waals surface area contributed by atoms with Gasteiger partial charge in [0, 0.05) is 0 Å². The van der Waals surface area contributed by atoms with Crippen LogP contribution in [0.15, 0.2) is 0 Å². The van der Waals surface area contributed by atoms with E-state index in [0.717, 1.165) is 0 Å². The monoisotopic (exact) mass is 291 g/mol. The second-order valence-corrected chi connectivity index (χ2v) is 4.07. The minimum atomic E-state index is -4.76. The highest BCUT2D eigenvalue weighted by molar-refractivity contribution is 7.80. The Morgan fingerprint density at radius 3 is 1.94 bits per heavy atom. The fraction of sp³-hybridized carbons (Fsp3) is 0.833. The molecule has 0 fully saturated rings. The summed E-state index contributed by atoms with van der Waals surface area (Å²) in [7, 11) is -4.76. The molecule has 0 aliphatic carbocycles. The van der Waals surface area contributed by atoms with Crippen molar-refractivity contribution in [1.29, 1.82) is 0 Å². The Labute approximate surface area is 103 Å². The summed E-state index contributed by atoms with van der Waals surface area (Å²) < 4.78 is 32.1. The van der Waals surface area contributed by atoms with Gasteiger partial charge in [-0.05, 0) is 0 Å². The van der Waals surface area contributed by atoms with E-state index in [9.17, 15) is 18.3 Å². The number of nitrogens with two attached hydrogens (primary N) is 3. The smallest absolute Gasteiger partial charge is 0.388 e. The van der Waals surface area contributed by atoms with E-state index in [-0.39, 0.29) is 6.29 Å². The molecular weight excluding hydrogens is 274 g/mol. The van der Waals surface area contributed by atoms with Gasteiger partial charge in [-0.15, -0.1) is 0 Å². The molecule has 18 heavy (non-hydrogen) atoms. The Kier molecular flexibility index (Phi) is 10.1. The number of aldehydes is 1. The molecule has 0 amide bonds. The van der Waals surface area contributed by atoms with Gasteiger partial charge in [0.25, 0.3) is 0 Å². The van der Waals surface area contributed by atoms with Gasteiger partial charge >= 0.3 is 10.4 Å². The van der Waals surface area contributed by atoms with Gasteiger partial charge in [0.1, 0.15) is 24.6 Å². The third-order valence-electron chi connectivity index (χ3n) is 1.68. The predicted molar refractivity (Wildman–Crippen MR) is 57.9 cm³/mol. The summed E-state index contributed by atoms with van der Waals surface area (Å²) in [6.45, 7) is -0.983. The first-order chi connectivity index (χ1) is 8.19. The van der Waals surface area contributed by atoms with Crippen molar-refractivity contribution in [2.45, 2.75) is 24.4 Å². The van der Waals surface area contributed by atoms with E-state index in [1.807, 2.05) is 0 Å². The second-order valence-electron chi connectivity index (χ2n) is 2.97. The van der Waals surface area contributed by atoms with Crippen LogP contribution in [0.2, 0.25) is 0 Å². The molecule has 0 unspecified atom stereocenters. The molecule has 0 bridgehead atoms. The minimum absolute atomic E-state index is 0.143. The molecule has 4 atom stereocenters. The van der Waals surface area contributed by atoms with Gasteiger partial charge < -0.3 is 25.8 Å². The highest BCUT2D eigenvalue weighted by Crippen LogP contribution is 2.04. The Bertz CT molecular complexity index is 323. The maximum atomic E-state index is 10.1. The van der Waals surface area contributed by atoms with Crippen molar-refractivity contribution in [2.75, 3.05) is 6.61 Å². The first-order valence-electron chi connectivity index (χ1n) is 4.39. The van der Waals surface area contributed by atoms with Crippen LogP contribution >= 0.6 is 0 Å². The molecule has 0 saturated heterocycles. The largest absolute Gasteiger partial charge is 0.397 e. The Morgan fingerprint density at radius 2 is 1.61 bits per heavy atom. The van der Waals surface area contributed by atoms with Crippen LogP contribution in [0, 0.1) is 0 Å². The Balaban J connectivity index is 0. The number of aliphatic hydroxyl groups excluding tert-OH is 3. The first-order valence-corrected chi connectivity index (χ1v) is 5.75. The summed E-state index contributed by atoms with van der Waals surface area (Å²) in [4.78, 5) is 10.1. The molecule has 0 radical (unpaired) electrons. The fourth-order valence-corrected chi connectivity index (χ4v) is 1.10. The number of hydrogen-bond acceptors (Lipinski definition) is 10. The van der Waals surface area contributed by atoms with Gasteiger partial charge in [-0.1, -0.05) is 0 Å². The zero-order valence-corrected chi connectivity index (χ0v) is 9.97. The highest BCUT2D eigenvalue weighted by Gasteiger charge is 2.30. The minimum Gasteiger partial charge on any atom is -0.388 e.